The van der Waals surface area contributed by atoms with Crippen LogP contribution in [0.4, 0.5) is 0 Å². The summed E-state index contributed by atoms with van der Waals surface area (Å²) in [6, 6.07) is 0. The fraction of sp³-hybridized carbons (Fsp3) is 0.846. The second kappa shape index (κ2) is 5.69. The first-order chi connectivity index (χ1) is 8.32. The van der Waals surface area contributed by atoms with Crippen molar-refractivity contribution in [1.29, 1.82) is 0 Å². The van der Waals surface area contributed by atoms with Gasteiger partial charge in [0.05, 0.1) is 18.1 Å². The Hall–Kier alpha value is -1.10. The lowest BCUT2D eigenvalue weighted by molar-refractivity contribution is -0.150. The Balaban J connectivity index is 2.52. The van der Waals surface area contributed by atoms with Crippen LogP contribution in [0.5, 0.6) is 0 Å². The maximum Gasteiger partial charge on any atom is 0.313 e. The standard InChI is InChI=1S/C13H24N2O3/c1-12(2,11(17)18-4)9-14-10(16)13(3)7-5-6-8-15-13/h15H,5-9H2,1-4H3,(H,14,16). The zero-order valence-corrected chi connectivity index (χ0v) is 11.8. The maximum absolute atomic E-state index is 12.2. The summed E-state index contributed by atoms with van der Waals surface area (Å²) in [7, 11) is 1.36. The zero-order valence-electron chi connectivity index (χ0n) is 11.8. The van der Waals surface area contributed by atoms with E-state index >= 15 is 0 Å². The van der Waals surface area contributed by atoms with Crippen LogP contribution in [0.1, 0.15) is 40.0 Å². The molecule has 1 fully saturated rings. The van der Waals surface area contributed by atoms with Crippen LogP contribution in [0, 0.1) is 5.41 Å². The van der Waals surface area contributed by atoms with Gasteiger partial charge >= 0.3 is 5.97 Å². The SMILES string of the molecule is COC(=O)C(C)(C)CNC(=O)C1(C)CCCCN1. The lowest BCUT2D eigenvalue weighted by Crippen LogP contribution is -2.58. The number of hydrogen-bond donors (Lipinski definition) is 2. The normalized spacial score (nSPS) is 24.4. The number of hydrogen-bond acceptors (Lipinski definition) is 4. The molecule has 1 heterocycles. The zero-order chi connectivity index (χ0) is 13.8. The van der Waals surface area contributed by atoms with Gasteiger partial charge in [-0.3, -0.25) is 9.59 Å². The Morgan fingerprint density at radius 3 is 2.56 bits per heavy atom. The molecule has 1 amide bonds. The molecule has 0 aliphatic carbocycles. The summed E-state index contributed by atoms with van der Waals surface area (Å²) in [4.78, 5) is 23.7. The topological polar surface area (TPSA) is 67.4 Å². The van der Waals surface area contributed by atoms with Crippen LogP contribution < -0.4 is 10.6 Å². The number of nitrogens with one attached hydrogen (secondary N) is 2. The van der Waals surface area contributed by atoms with Crippen LogP contribution in [0.2, 0.25) is 0 Å². The molecule has 0 aromatic heterocycles. The van der Waals surface area contributed by atoms with Crippen molar-refractivity contribution in [2.45, 2.75) is 45.6 Å². The highest BCUT2D eigenvalue weighted by Gasteiger charge is 2.36. The van der Waals surface area contributed by atoms with Crippen molar-refractivity contribution >= 4 is 11.9 Å². The molecule has 1 unspecified atom stereocenters. The second-order valence-corrected chi connectivity index (χ2v) is 5.77. The molecule has 0 spiro atoms. The van der Waals surface area contributed by atoms with Crippen LogP contribution in [0.25, 0.3) is 0 Å². The third kappa shape index (κ3) is 3.45. The molecule has 0 bridgehead atoms. The lowest BCUT2D eigenvalue weighted by Gasteiger charge is -2.34. The fourth-order valence-corrected chi connectivity index (χ4v) is 2.09. The van der Waals surface area contributed by atoms with Gasteiger partial charge in [-0.1, -0.05) is 0 Å². The van der Waals surface area contributed by atoms with E-state index in [2.05, 4.69) is 10.6 Å². The second-order valence-electron chi connectivity index (χ2n) is 5.77. The van der Waals surface area contributed by atoms with Gasteiger partial charge in [-0.05, 0) is 46.6 Å². The van der Waals surface area contributed by atoms with Gasteiger partial charge < -0.3 is 15.4 Å². The molecule has 0 aromatic carbocycles. The van der Waals surface area contributed by atoms with Crippen molar-refractivity contribution in [3.63, 3.8) is 0 Å². The number of ether oxygens (including phenoxy) is 1. The average Bonchev–Trinajstić information content (AvgIpc) is 2.35. The third-order valence-electron chi connectivity index (χ3n) is 3.55. The van der Waals surface area contributed by atoms with Gasteiger partial charge in [0, 0.05) is 6.54 Å². The van der Waals surface area contributed by atoms with Crippen LogP contribution in [-0.4, -0.2) is 37.6 Å². The molecule has 1 aliphatic heterocycles. The summed E-state index contributed by atoms with van der Waals surface area (Å²) in [5.74, 6) is -0.358. The first-order valence-electron chi connectivity index (χ1n) is 6.43. The number of methoxy groups -OCH3 is 1. The van der Waals surface area contributed by atoms with Crippen LogP contribution in [-0.2, 0) is 14.3 Å². The maximum atomic E-state index is 12.2. The summed E-state index contributed by atoms with van der Waals surface area (Å²) in [5, 5.41) is 6.09. The van der Waals surface area contributed by atoms with Gasteiger partial charge in [0.1, 0.15) is 0 Å². The highest BCUT2D eigenvalue weighted by atomic mass is 16.5. The highest BCUT2D eigenvalue weighted by Crippen LogP contribution is 2.20. The van der Waals surface area contributed by atoms with Crippen molar-refractivity contribution in [3.05, 3.63) is 0 Å². The number of carbonyl (C=O) groups excluding carboxylic acids is 2. The number of amides is 1. The Labute approximate surface area is 109 Å². The van der Waals surface area contributed by atoms with E-state index in [-0.39, 0.29) is 18.4 Å². The Morgan fingerprint density at radius 1 is 1.39 bits per heavy atom. The van der Waals surface area contributed by atoms with E-state index < -0.39 is 11.0 Å². The number of rotatable bonds is 4. The summed E-state index contributed by atoms with van der Waals surface area (Å²) < 4.78 is 4.71. The van der Waals surface area contributed by atoms with Crippen LogP contribution >= 0.6 is 0 Å². The summed E-state index contributed by atoms with van der Waals surface area (Å²) in [6.45, 7) is 6.58. The van der Waals surface area contributed by atoms with Crippen molar-refractivity contribution in [1.82, 2.24) is 10.6 Å². The molecule has 1 rings (SSSR count). The van der Waals surface area contributed by atoms with Gasteiger partial charge in [-0.2, -0.15) is 0 Å². The molecule has 0 saturated carbocycles. The number of esters is 1. The minimum absolute atomic E-state index is 0.0424. The molecule has 5 heteroatoms. The minimum Gasteiger partial charge on any atom is -0.469 e. The molecule has 104 valence electrons. The molecule has 0 aromatic rings. The molecule has 1 aliphatic rings. The molecular weight excluding hydrogens is 232 g/mol. The van der Waals surface area contributed by atoms with Crippen LogP contribution in [0.3, 0.4) is 0 Å². The largest absolute Gasteiger partial charge is 0.469 e. The monoisotopic (exact) mass is 256 g/mol. The quantitative estimate of drug-likeness (QED) is 0.731. The van der Waals surface area contributed by atoms with Gasteiger partial charge in [0.2, 0.25) is 5.91 Å². The average molecular weight is 256 g/mol. The predicted octanol–water partition coefficient (Wildman–Crippen LogP) is 0.834. The smallest absolute Gasteiger partial charge is 0.313 e. The van der Waals surface area contributed by atoms with Gasteiger partial charge in [0.15, 0.2) is 0 Å². The van der Waals surface area contributed by atoms with Crippen molar-refractivity contribution in [3.8, 4) is 0 Å². The Bertz CT molecular complexity index is 320. The van der Waals surface area contributed by atoms with E-state index in [0.29, 0.717) is 0 Å². The van der Waals surface area contributed by atoms with E-state index in [4.69, 9.17) is 4.74 Å². The molecule has 1 saturated heterocycles. The molecule has 5 nitrogen and oxygen atoms in total. The minimum atomic E-state index is -0.699. The first-order valence-corrected chi connectivity index (χ1v) is 6.43. The summed E-state index contributed by atoms with van der Waals surface area (Å²) in [6.07, 6.45) is 2.99. The van der Waals surface area contributed by atoms with Crippen molar-refractivity contribution in [2.24, 2.45) is 5.41 Å². The van der Waals surface area contributed by atoms with Gasteiger partial charge in [0.25, 0.3) is 0 Å². The summed E-state index contributed by atoms with van der Waals surface area (Å²) >= 11 is 0. The van der Waals surface area contributed by atoms with E-state index in [1.165, 1.54) is 7.11 Å². The predicted molar refractivity (Wildman–Crippen MR) is 69.1 cm³/mol. The van der Waals surface area contributed by atoms with Crippen molar-refractivity contribution in [2.75, 3.05) is 20.2 Å². The summed E-state index contributed by atoms with van der Waals surface area (Å²) in [5.41, 5.74) is -1.21. The molecule has 2 N–H and O–H groups in total. The number of carbonyl (C=O) groups is 2. The fourth-order valence-electron chi connectivity index (χ4n) is 2.09. The van der Waals surface area contributed by atoms with Crippen molar-refractivity contribution < 1.29 is 14.3 Å². The molecular formula is C13H24N2O3. The highest BCUT2D eigenvalue weighted by molar-refractivity contribution is 5.86. The first kappa shape index (κ1) is 15.0. The van der Waals surface area contributed by atoms with Gasteiger partial charge in [-0.15, -0.1) is 0 Å². The molecule has 0 radical (unpaired) electrons. The van der Waals surface area contributed by atoms with E-state index in [1.807, 2.05) is 6.92 Å². The number of piperidine rings is 1. The third-order valence-corrected chi connectivity index (χ3v) is 3.55. The Morgan fingerprint density at radius 2 is 2.06 bits per heavy atom. The lowest BCUT2D eigenvalue weighted by atomic mass is 9.88. The molecule has 18 heavy (non-hydrogen) atoms. The van der Waals surface area contributed by atoms with Crippen LogP contribution in [0.15, 0.2) is 0 Å². The van der Waals surface area contributed by atoms with E-state index in [0.717, 1.165) is 25.8 Å². The molecule has 1 atom stereocenters. The van der Waals surface area contributed by atoms with Gasteiger partial charge in [-0.25, -0.2) is 0 Å². The Kier molecular flexibility index (Phi) is 4.73. The van der Waals surface area contributed by atoms with E-state index in [1.54, 1.807) is 13.8 Å². The van der Waals surface area contributed by atoms with E-state index in [9.17, 15) is 9.59 Å².